The highest BCUT2D eigenvalue weighted by atomic mass is 35.5. The third-order valence-electron chi connectivity index (χ3n) is 2.39. The molecule has 4 nitrogen and oxygen atoms in total. The Morgan fingerprint density at radius 1 is 1.50 bits per heavy atom. The molecule has 0 saturated carbocycles. The van der Waals surface area contributed by atoms with E-state index in [-0.39, 0.29) is 19.1 Å². The second-order valence-corrected chi connectivity index (χ2v) is 4.32. The van der Waals surface area contributed by atoms with Crippen LogP contribution in [-0.4, -0.2) is 24.2 Å². The Hall–Kier alpha value is -1.26. The number of amides is 1. The summed E-state index contributed by atoms with van der Waals surface area (Å²) in [6.07, 6.45) is 1.99. The molecule has 0 spiro atoms. The highest BCUT2D eigenvalue weighted by molar-refractivity contribution is 6.32. The molecule has 0 aromatic heterocycles. The molecule has 0 aliphatic rings. The van der Waals surface area contributed by atoms with Gasteiger partial charge in [-0.2, -0.15) is 0 Å². The number of rotatable bonds is 7. The number of benzene rings is 1. The average molecular weight is 272 g/mol. The second kappa shape index (κ2) is 7.95. The van der Waals surface area contributed by atoms with Gasteiger partial charge in [-0.15, -0.1) is 0 Å². The SMILES string of the molecule is CCCCNC(=O)COc1ccc(CO)cc1Cl. The van der Waals surface area contributed by atoms with E-state index in [0.29, 0.717) is 22.9 Å². The first-order chi connectivity index (χ1) is 8.67. The number of ether oxygens (including phenoxy) is 1. The lowest BCUT2D eigenvalue weighted by Gasteiger charge is -2.09. The van der Waals surface area contributed by atoms with Gasteiger partial charge < -0.3 is 15.2 Å². The van der Waals surface area contributed by atoms with E-state index < -0.39 is 0 Å². The van der Waals surface area contributed by atoms with E-state index >= 15 is 0 Å². The Labute approximate surface area is 112 Å². The van der Waals surface area contributed by atoms with Crippen LogP contribution in [0.4, 0.5) is 0 Å². The zero-order chi connectivity index (χ0) is 13.4. The average Bonchev–Trinajstić information content (AvgIpc) is 2.37. The Morgan fingerprint density at radius 2 is 2.28 bits per heavy atom. The van der Waals surface area contributed by atoms with Crippen molar-refractivity contribution in [2.75, 3.05) is 13.2 Å². The lowest BCUT2D eigenvalue weighted by atomic mass is 10.2. The van der Waals surface area contributed by atoms with Crippen molar-refractivity contribution in [1.29, 1.82) is 0 Å². The van der Waals surface area contributed by atoms with Crippen LogP contribution in [0.5, 0.6) is 5.75 Å². The zero-order valence-corrected chi connectivity index (χ0v) is 11.2. The summed E-state index contributed by atoms with van der Waals surface area (Å²) in [5, 5.41) is 12.1. The number of halogens is 1. The minimum Gasteiger partial charge on any atom is -0.482 e. The smallest absolute Gasteiger partial charge is 0.257 e. The van der Waals surface area contributed by atoms with Gasteiger partial charge in [-0.1, -0.05) is 31.0 Å². The van der Waals surface area contributed by atoms with Gasteiger partial charge in [-0.25, -0.2) is 0 Å². The van der Waals surface area contributed by atoms with Gasteiger partial charge in [0, 0.05) is 6.54 Å². The molecule has 1 aromatic rings. The first kappa shape index (κ1) is 14.8. The summed E-state index contributed by atoms with van der Waals surface area (Å²) < 4.78 is 5.30. The minimum atomic E-state index is -0.161. The predicted octanol–water partition coefficient (Wildman–Crippen LogP) is 2.13. The molecule has 100 valence electrons. The molecule has 0 radical (unpaired) electrons. The van der Waals surface area contributed by atoms with Gasteiger partial charge in [-0.3, -0.25) is 4.79 Å². The fourth-order valence-corrected chi connectivity index (χ4v) is 1.62. The van der Waals surface area contributed by atoms with Gasteiger partial charge in [0.1, 0.15) is 5.75 Å². The van der Waals surface area contributed by atoms with Crippen molar-refractivity contribution < 1.29 is 14.6 Å². The Balaban J connectivity index is 2.41. The number of unbranched alkanes of at least 4 members (excludes halogenated alkanes) is 1. The maximum atomic E-state index is 11.4. The highest BCUT2D eigenvalue weighted by Gasteiger charge is 2.06. The van der Waals surface area contributed by atoms with E-state index in [4.69, 9.17) is 21.4 Å². The molecule has 0 atom stereocenters. The molecule has 0 aliphatic heterocycles. The van der Waals surface area contributed by atoms with Crippen molar-refractivity contribution in [2.24, 2.45) is 0 Å². The van der Waals surface area contributed by atoms with Crippen LogP contribution in [-0.2, 0) is 11.4 Å². The fraction of sp³-hybridized carbons (Fsp3) is 0.462. The number of carbonyl (C=O) groups is 1. The first-order valence-electron chi connectivity index (χ1n) is 5.96. The Bertz CT molecular complexity index is 396. The largest absolute Gasteiger partial charge is 0.482 e. The van der Waals surface area contributed by atoms with Crippen LogP contribution >= 0.6 is 11.6 Å². The van der Waals surface area contributed by atoms with Crippen LogP contribution in [0.15, 0.2) is 18.2 Å². The monoisotopic (exact) mass is 271 g/mol. The van der Waals surface area contributed by atoms with E-state index in [0.717, 1.165) is 12.8 Å². The van der Waals surface area contributed by atoms with E-state index in [1.54, 1.807) is 18.2 Å². The fourth-order valence-electron chi connectivity index (χ4n) is 1.36. The van der Waals surface area contributed by atoms with Gasteiger partial charge in [0.2, 0.25) is 0 Å². The highest BCUT2D eigenvalue weighted by Crippen LogP contribution is 2.25. The van der Waals surface area contributed by atoms with Crippen LogP contribution < -0.4 is 10.1 Å². The molecular formula is C13H18ClNO3. The normalized spacial score (nSPS) is 10.2. The summed E-state index contributed by atoms with van der Waals surface area (Å²) in [5.41, 5.74) is 0.708. The zero-order valence-electron chi connectivity index (χ0n) is 10.4. The van der Waals surface area contributed by atoms with E-state index in [1.165, 1.54) is 0 Å². The van der Waals surface area contributed by atoms with Crippen molar-refractivity contribution in [3.63, 3.8) is 0 Å². The predicted molar refractivity (Wildman–Crippen MR) is 70.8 cm³/mol. The maximum absolute atomic E-state index is 11.4. The van der Waals surface area contributed by atoms with Crippen LogP contribution in [0.25, 0.3) is 0 Å². The standard InChI is InChI=1S/C13H18ClNO3/c1-2-3-6-15-13(17)9-18-12-5-4-10(8-16)7-11(12)14/h4-5,7,16H,2-3,6,8-9H2,1H3,(H,15,17). The van der Waals surface area contributed by atoms with Crippen molar-refractivity contribution in [1.82, 2.24) is 5.32 Å². The summed E-state index contributed by atoms with van der Waals surface area (Å²) in [7, 11) is 0. The van der Waals surface area contributed by atoms with Crippen LogP contribution in [0.1, 0.15) is 25.3 Å². The molecule has 1 rings (SSSR count). The van der Waals surface area contributed by atoms with Crippen molar-refractivity contribution >= 4 is 17.5 Å². The third kappa shape index (κ3) is 4.94. The summed E-state index contributed by atoms with van der Waals surface area (Å²) in [4.78, 5) is 11.4. The van der Waals surface area contributed by atoms with Gasteiger partial charge in [0.05, 0.1) is 11.6 Å². The molecule has 0 fully saturated rings. The van der Waals surface area contributed by atoms with Crippen LogP contribution in [0.2, 0.25) is 5.02 Å². The Morgan fingerprint density at radius 3 is 2.89 bits per heavy atom. The summed E-state index contributed by atoms with van der Waals surface area (Å²) in [6.45, 7) is 2.60. The quantitative estimate of drug-likeness (QED) is 0.747. The number of aliphatic hydroxyl groups excluding tert-OH is 1. The van der Waals surface area contributed by atoms with E-state index in [2.05, 4.69) is 12.2 Å². The molecule has 0 unspecified atom stereocenters. The van der Waals surface area contributed by atoms with Gasteiger partial charge in [0.15, 0.2) is 6.61 Å². The number of carbonyl (C=O) groups excluding carboxylic acids is 1. The van der Waals surface area contributed by atoms with E-state index in [1.807, 2.05) is 0 Å². The molecular weight excluding hydrogens is 254 g/mol. The first-order valence-corrected chi connectivity index (χ1v) is 6.34. The second-order valence-electron chi connectivity index (χ2n) is 3.92. The Kier molecular flexibility index (Phi) is 6.54. The van der Waals surface area contributed by atoms with Gasteiger partial charge in [0.25, 0.3) is 5.91 Å². The van der Waals surface area contributed by atoms with Crippen LogP contribution in [0.3, 0.4) is 0 Å². The molecule has 0 heterocycles. The van der Waals surface area contributed by atoms with Gasteiger partial charge in [-0.05, 0) is 24.1 Å². The molecule has 2 N–H and O–H groups in total. The molecule has 1 aromatic carbocycles. The number of nitrogens with one attached hydrogen (secondary N) is 1. The molecule has 18 heavy (non-hydrogen) atoms. The molecule has 0 saturated heterocycles. The van der Waals surface area contributed by atoms with E-state index in [9.17, 15) is 4.79 Å². The lowest BCUT2D eigenvalue weighted by Crippen LogP contribution is -2.29. The maximum Gasteiger partial charge on any atom is 0.257 e. The number of hydrogen-bond donors (Lipinski definition) is 2. The summed E-state index contributed by atoms with van der Waals surface area (Å²) >= 11 is 5.95. The van der Waals surface area contributed by atoms with Crippen molar-refractivity contribution in [3.8, 4) is 5.75 Å². The number of hydrogen-bond acceptors (Lipinski definition) is 3. The van der Waals surface area contributed by atoms with Crippen molar-refractivity contribution in [2.45, 2.75) is 26.4 Å². The molecule has 0 aliphatic carbocycles. The van der Waals surface area contributed by atoms with Gasteiger partial charge >= 0.3 is 0 Å². The van der Waals surface area contributed by atoms with Crippen molar-refractivity contribution in [3.05, 3.63) is 28.8 Å². The third-order valence-corrected chi connectivity index (χ3v) is 2.69. The molecule has 5 heteroatoms. The minimum absolute atomic E-state index is 0.0537. The summed E-state index contributed by atoms with van der Waals surface area (Å²) in [5.74, 6) is 0.283. The van der Waals surface area contributed by atoms with Crippen LogP contribution in [0, 0.1) is 0 Å². The number of aliphatic hydroxyl groups is 1. The molecule has 0 bridgehead atoms. The molecule has 1 amide bonds. The topological polar surface area (TPSA) is 58.6 Å². The lowest BCUT2D eigenvalue weighted by molar-refractivity contribution is -0.123. The summed E-state index contributed by atoms with van der Waals surface area (Å²) in [6, 6.07) is 4.97.